The first-order valence-corrected chi connectivity index (χ1v) is 29.8. The number of imidazole rings is 1. The Hall–Kier alpha value is -8.33. The van der Waals surface area contributed by atoms with Crippen LogP contribution in [0.2, 0.25) is 0 Å². The molecule has 0 spiro atoms. The zero-order valence-electron chi connectivity index (χ0n) is 48.8. The number of piperidine rings is 1. The summed E-state index contributed by atoms with van der Waals surface area (Å²) in [5.74, 6) is -7.95. The minimum atomic E-state index is -1.44. The summed E-state index contributed by atoms with van der Waals surface area (Å²) < 4.78 is 0. The summed E-state index contributed by atoms with van der Waals surface area (Å²) in [6, 6.07) is 4.32. The van der Waals surface area contributed by atoms with Crippen LogP contribution < -0.4 is 59.3 Å². The first-order chi connectivity index (χ1) is 40.5. The molecule has 26 nitrogen and oxygen atoms in total. The van der Waals surface area contributed by atoms with Gasteiger partial charge >= 0.3 is 0 Å². The number of aryl methyl sites for hydroxylation is 1. The number of amides is 11. The molecule has 11 amide bonds. The van der Waals surface area contributed by atoms with Gasteiger partial charge in [0, 0.05) is 60.4 Å². The van der Waals surface area contributed by atoms with Crippen molar-refractivity contribution in [1.82, 2.24) is 67.7 Å². The second-order valence-electron chi connectivity index (χ2n) is 22.4. The summed E-state index contributed by atoms with van der Waals surface area (Å²) in [5, 5.41) is 25.4. The Kier molecular flexibility index (Phi) is 24.4. The summed E-state index contributed by atoms with van der Waals surface area (Å²) in [5.41, 5.74) is 14.6. The van der Waals surface area contributed by atoms with Crippen LogP contribution in [-0.2, 0) is 72.0 Å². The number of aromatic nitrogens is 3. The number of nitrogens with zero attached hydrogens (tertiary/aromatic N) is 2. The fraction of sp³-hybridized carbons (Fsp3) is 0.517. The molecule has 2 aromatic heterocycles. The molecule has 4 heterocycles. The van der Waals surface area contributed by atoms with Crippen molar-refractivity contribution < 1.29 is 52.7 Å². The lowest BCUT2D eigenvalue weighted by Crippen LogP contribution is -2.60. The van der Waals surface area contributed by atoms with Crippen LogP contribution in [0.25, 0.3) is 10.9 Å². The molecule has 2 saturated heterocycles. The van der Waals surface area contributed by atoms with Crippen molar-refractivity contribution in [2.45, 2.75) is 154 Å². The average molecular weight is 1200 g/mol. The third-order valence-electron chi connectivity index (χ3n) is 14.7. The first kappa shape index (κ1) is 65.8. The molecule has 2 aliphatic heterocycles. The number of primary amides is 2. The van der Waals surface area contributed by atoms with Gasteiger partial charge < -0.3 is 74.2 Å². The Balaban J connectivity index is 1.14. The van der Waals surface area contributed by atoms with Gasteiger partial charge in [-0.3, -0.25) is 52.7 Å². The molecule has 15 N–H and O–H groups in total. The number of nitrogens with one attached hydrogen (secondary N) is 11. The Morgan fingerprint density at radius 3 is 2.04 bits per heavy atom. The maximum atomic E-state index is 14.5. The van der Waals surface area contributed by atoms with Crippen LogP contribution in [0.1, 0.15) is 95.5 Å². The lowest BCUT2D eigenvalue weighted by Gasteiger charge is -2.29. The molecule has 0 aliphatic carbocycles. The largest absolute Gasteiger partial charge is 0.370 e. The Morgan fingerprint density at radius 2 is 1.39 bits per heavy atom. The van der Waals surface area contributed by atoms with Crippen molar-refractivity contribution in [1.29, 1.82) is 0 Å². The van der Waals surface area contributed by atoms with Crippen molar-refractivity contribution in [3.63, 3.8) is 0 Å². The maximum Gasteiger partial charge on any atom is 0.246 e. The molecule has 27 heteroatoms. The van der Waals surface area contributed by atoms with Crippen molar-refractivity contribution in [3.05, 3.63) is 89.6 Å². The predicted octanol–water partition coefficient (Wildman–Crippen LogP) is -0.746. The summed E-state index contributed by atoms with van der Waals surface area (Å²) in [7, 11) is 0. The number of fused-ring (bicyclic) bond motifs is 1. The van der Waals surface area contributed by atoms with Crippen molar-refractivity contribution in [2.75, 3.05) is 24.7 Å². The minimum absolute atomic E-state index is 0.0646. The highest BCUT2D eigenvalue weighted by Gasteiger charge is 2.39. The lowest BCUT2D eigenvalue weighted by atomic mass is 10.0. The zero-order valence-corrected chi connectivity index (χ0v) is 49.7. The number of hydrogen-bond acceptors (Lipinski definition) is 14. The molecule has 460 valence electrons. The topological polar surface area (TPSA) is 396 Å². The van der Waals surface area contributed by atoms with E-state index in [2.05, 4.69) is 62.8 Å². The third kappa shape index (κ3) is 19.6. The van der Waals surface area contributed by atoms with Gasteiger partial charge in [0.1, 0.15) is 48.3 Å². The number of thioether (sulfide) groups is 1. The van der Waals surface area contributed by atoms with Gasteiger partial charge in [0.2, 0.25) is 65.0 Å². The number of carbonyl (C=O) groups is 11. The molecule has 2 aromatic carbocycles. The van der Waals surface area contributed by atoms with E-state index < -0.39 is 132 Å². The number of rotatable bonds is 30. The van der Waals surface area contributed by atoms with Gasteiger partial charge in [0.15, 0.2) is 0 Å². The van der Waals surface area contributed by atoms with E-state index in [0.29, 0.717) is 30.0 Å². The van der Waals surface area contributed by atoms with Crippen LogP contribution in [0.3, 0.4) is 0 Å². The first-order valence-electron chi connectivity index (χ1n) is 28.6. The maximum absolute atomic E-state index is 14.5. The van der Waals surface area contributed by atoms with E-state index in [1.807, 2.05) is 45.0 Å². The quantitative estimate of drug-likeness (QED) is 0.0306. The normalized spacial score (nSPS) is 17.5. The SMILES string of the molecule is Cc1ccc2[nH]cc(C[C@H](NC(=O)[C@H](CCC(N)=O)NC(=O)[C@@H](Cc3ccccc3)NC(=O)[C@@H]3CCCCN3)C(=O)N[C@@H](C)C(=O)N[C@H](C(=O)NCC(=O)N[C@@H](Cc3cnc[nH]3)C(=O)N[C@@H](CC(C)C)C(=O)N3CSC[C@H]3C(N)=O)C(C)C)c2c1. The van der Waals surface area contributed by atoms with Crippen molar-refractivity contribution >= 4 is 87.6 Å². The van der Waals surface area contributed by atoms with E-state index in [9.17, 15) is 52.7 Å². The summed E-state index contributed by atoms with van der Waals surface area (Å²) in [4.78, 5) is 162. The molecule has 6 rings (SSSR count). The van der Waals surface area contributed by atoms with Gasteiger partial charge in [0.05, 0.1) is 24.8 Å². The second-order valence-corrected chi connectivity index (χ2v) is 23.4. The van der Waals surface area contributed by atoms with E-state index in [0.717, 1.165) is 34.9 Å². The molecular formula is C58H81N15O11S. The van der Waals surface area contributed by atoms with E-state index in [1.165, 1.54) is 36.1 Å². The number of hydrogen-bond donors (Lipinski definition) is 13. The fourth-order valence-electron chi connectivity index (χ4n) is 10.00. The smallest absolute Gasteiger partial charge is 0.246 e. The van der Waals surface area contributed by atoms with Crippen LogP contribution >= 0.6 is 11.8 Å². The number of benzene rings is 2. The van der Waals surface area contributed by atoms with Gasteiger partial charge in [-0.1, -0.05) is 76.1 Å². The van der Waals surface area contributed by atoms with Crippen LogP contribution in [0.15, 0.2) is 67.3 Å². The fourth-order valence-corrected chi connectivity index (χ4v) is 11.2. The Labute approximate surface area is 497 Å². The van der Waals surface area contributed by atoms with Crippen LogP contribution in [0, 0.1) is 18.8 Å². The van der Waals surface area contributed by atoms with Gasteiger partial charge in [-0.05, 0) is 81.2 Å². The van der Waals surface area contributed by atoms with Crippen LogP contribution in [0.5, 0.6) is 0 Å². The molecule has 0 radical (unpaired) electrons. The van der Waals surface area contributed by atoms with Crippen molar-refractivity contribution in [3.8, 4) is 0 Å². The number of carbonyl (C=O) groups excluding carboxylic acids is 11. The Morgan fingerprint density at radius 1 is 0.718 bits per heavy atom. The van der Waals surface area contributed by atoms with E-state index in [1.54, 1.807) is 44.3 Å². The standard InChI is InChI=1S/C58H81N15O11S/c1-31(2)20-45(58(84)73-30-85-28-46(73)50(60)76)71-56(82)44(24-37-26-61-29-65-37)67-48(75)27-64-57(83)49(32(3)4)72-51(77)34(6)66-54(80)43(23-36-25-63-39-16-15-33(5)21-38(36)39)70-53(79)41(17-18-47(59)74)68-55(81)42(22-35-12-8-7-9-13-35)69-52(78)40-14-10-11-19-62-40/h7-9,12-13,15-16,21,25-26,29,31-32,34,40-46,49,62-63H,10-11,14,17-20,22-24,27-28,30H2,1-6H3,(H2,59,74)(H2,60,76)(H,61,65)(H,64,83)(H,66,80)(H,67,75)(H,68,81)(H,69,78)(H,70,79)(H,71,82)(H,72,77)/t34-,40-,41-,42+,43-,44-,45-,46-,49-/m0/s1. The van der Waals surface area contributed by atoms with Gasteiger partial charge in [0.25, 0.3) is 0 Å². The molecule has 9 atom stereocenters. The average Bonchev–Trinajstić information content (AvgIpc) is 3.89. The third-order valence-corrected chi connectivity index (χ3v) is 15.7. The number of aromatic amines is 2. The van der Waals surface area contributed by atoms with Crippen molar-refractivity contribution in [2.24, 2.45) is 23.3 Å². The lowest BCUT2D eigenvalue weighted by molar-refractivity contribution is -0.141. The molecule has 0 unspecified atom stereocenters. The zero-order chi connectivity index (χ0) is 61.9. The van der Waals surface area contributed by atoms with E-state index in [4.69, 9.17) is 11.5 Å². The van der Waals surface area contributed by atoms with Gasteiger partial charge in [-0.25, -0.2) is 4.98 Å². The summed E-state index contributed by atoms with van der Waals surface area (Å²) in [6.07, 6.45) is 6.28. The second kappa shape index (κ2) is 31.5. The summed E-state index contributed by atoms with van der Waals surface area (Å²) in [6.45, 7) is 10.3. The molecule has 85 heavy (non-hydrogen) atoms. The van der Waals surface area contributed by atoms with Crippen LogP contribution in [0.4, 0.5) is 0 Å². The number of nitrogens with two attached hydrogens (primary N) is 2. The molecule has 4 aromatic rings. The monoisotopic (exact) mass is 1200 g/mol. The van der Waals surface area contributed by atoms with Gasteiger partial charge in [-0.2, -0.15) is 0 Å². The highest BCUT2D eigenvalue weighted by molar-refractivity contribution is 7.99. The molecule has 0 saturated carbocycles. The molecule has 2 fully saturated rings. The molecule has 2 aliphatic rings. The highest BCUT2D eigenvalue weighted by atomic mass is 32.2. The number of H-pyrrole nitrogens is 2. The minimum Gasteiger partial charge on any atom is -0.370 e. The summed E-state index contributed by atoms with van der Waals surface area (Å²) >= 11 is 1.36. The molecule has 0 bridgehead atoms. The van der Waals surface area contributed by atoms with E-state index >= 15 is 0 Å². The van der Waals surface area contributed by atoms with Gasteiger partial charge in [-0.15, -0.1) is 11.8 Å². The van der Waals surface area contributed by atoms with Crippen LogP contribution in [-0.4, -0.2) is 164 Å². The molecular weight excluding hydrogens is 1110 g/mol. The highest BCUT2D eigenvalue weighted by Crippen LogP contribution is 2.24. The predicted molar refractivity (Wildman–Crippen MR) is 317 cm³/mol. The Bertz CT molecular complexity index is 3000. The van der Waals surface area contributed by atoms with E-state index in [-0.39, 0.29) is 50.3 Å².